The fourth-order valence-electron chi connectivity index (χ4n) is 3.90. The average molecular weight is 486 g/mol. The van der Waals surface area contributed by atoms with Crippen molar-refractivity contribution in [2.24, 2.45) is 7.05 Å². The first-order valence-electron chi connectivity index (χ1n) is 11.6. The highest BCUT2D eigenvalue weighted by Crippen LogP contribution is 2.26. The minimum Gasteiger partial charge on any atom is -0.472 e. The molecule has 0 bridgehead atoms. The van der Waals surface area contributed by atoms with Gasteiger partial charge in [-0.3, -0.25) is 9.25 Å². The minimum absolute atomic E-state index is 0.110. The number of H-pyrrole nitrogens is 1. The first kappa shape index (κ1) is 23.3. The number of nitrogens with zero attached hydrogens (tertiary/aromatic N) is 5. The highest BCUT2D eigenvalue weighted by molar-refractivity contribution is 5.86. The van der Waals surface area contributed by atoms with E-state index in [-0.39, 0.29) is 12.6 Å². The van der Waals surface area contributed by atoms with Gasteiger partial charge in [0, 0.05) is 19.2 Å². The Hall–Kier alpha value is -4.44. The number of anilines is 1. The molecule has 10 nitrogen and oxygen atoms in total. The van der Waals surface area contributed by atoms with E-state index in [2.05, 4.69) is 20.4 Å². The number of rotatable bonds is 9. The molecule has 36 heavy (non-hydrogen) atoms. The second kappa shape index (κ2) is 10.0. The molecule has 10 heteroatoms. The molecule has 0 radical (unpaired) electrons. The minimum atomic E-state index is -0.436. The molecule has 3 aromatic heterocycles. The molecule has 0 aliphatic heterocycles. The number of benzene rings is 2. The Morgan fingerprint density at radius 1 is 1.06 bits per heavy atom. The Labute approximate surface area is 207 Å². The Kier molecular flexibility index (Phi) is 6.50. The highest BCUT2D eigenvalue weighted by Gasteiger charge is 2.20. The van der Waals surface area contributed by atoms with Gasteiger partial charge in [-0.25, -0.2) is 9.78 Å². The summed E-state index contributed by atoms with van der Waals surface area (Å²) in [6, 6.07) is 21.0. The van der Waals surface area contributed by atoms with Crippen molar-refractivity contribution in [2.75, 3.05) is 11.9 Å². The number of aliphatic hydroxyl groups is 1. The fourth-order valence-corrected chi connectivity index (χ4v) is 3.90. The van der Waals surface area contributed by atoms with Crippen molar-refractivity contribution in [1.82, 2.24) is 29.3 Å². The van der Waals surface area contributed by atoms with Gasteiger partial charge >= 0.3 is 5.69 Å². The lowest BCUT2D eigenvalue weighted by molar-refractivity contribution is 0.281. The topological polar surface area (TPSA) is 123 Å². The summed E-state index contributed by atoms with van der Waals surface area (Å²) in [5.74, 6) is 1.31. The number of aryl methyl sites for hydroxylation is 1. The number of fused-ring (bicyclic) bond motifs is 1. The molecule has 0 saturated carbocycles. The van der Waals surface area contributed by atoms with Gasteiger partial charge in [-0.2, -0.15) is 4.98 Å². The van der Waals surface area contributed by atoms with Crippen molar-refractivity contribution in [3.8, 4) is 17.4 Å². The maximum Gasteiger partial charge on any atom is 0.351 e. The van der Waals surface area contributed by atoms with Crippen LogP contribution in [0.15, 0.2) is 71.5 Å². The molecule has 184 valence electrons. The number of ether oxygens (including phenoxy) is 1. The molecule has 0 aliphatic rings. The van der Waals surface area contributed by atoms with Gasteiger partial charge in [-0.05, 0) is 18.1 Å². The summed E-state index contributed by atoms with van der Waals surface area (Å²) < 4.78 is 9.09. The van der Waals surface area contributed by atoms with Gasteiger partial charge < -0.3 is 20.1 Å². The van der Waals surface area contributed by atoms with E-state index in [0.717, 1.165) is 11.1 Å². The number of aromatic amines is 1. The maximum absolute atomic E-state index is 13.0. The first-order valence-corrected chi connectivity index (χ1v) is 11.6. The number of imidazole rings is 1. The standard InChI is InChI=1S/C26H27N7O3/c1-17(15-34)27-24-22-25(33(26(35)30-24)14-18-9-5-3-6-10-18)29-23(28-22)20-13-21(31-32(20)2)36-16-19-11-7-4-8-12-19/h3-13,17,34H,14-16H2,1-2H3,(H,28,29)(H,27,30,35). The zero-order valence-corrected chi connectivity index (χ0v) is 20.0. The molecule has 0 fully saturated rings. The maximum atomic E-state index is 13.0. The van der Waals surface area contributed by atoms with Gasteiger partial charge in [0.2, 0.25) is 5.88 Å². The number of aromatic nitrogens is 6. The van der Waals surface area contributed by atoms with E-state index >= 15 is 0 Å². The third-order valence-electron chi connectivity index (χ3n) is 5.79. The predicted molar refractivity (Wildman–Crippen MR) is 137 cm³/mol. The third kappa shape index (κ3) is 4.84. The zero-order chi connectivity index (χ0) is 25.1. The molecule has 5 aromatic rings. The Morgan fingerprint density at radius 3 is 2.44 bits per heavy atom. The molecular weight excluding hydrogens is 458 g/mol. The number of hydrogen-bond donors (Lipinski definition) is 3. The molecule has 3 heterocycles. The van der Waals surface area contributed by atoms with Crippen molar-refractivity contribution >= 4 is 17.0 Å². The van der Waals surface area contributed by atoms with Crippen LogP contribution in [-0.4, -0.2) is 47.1 Å². The monoisotopic (exact) mass is 485 g/mol. The summed E-state index contributed by atoms with van der Waals surface area (Å²) in [6.45, 7) is 2.41. The summed E-state index contributed by atoms with van der Waals surface area (Å²) in [6.07, 6.45) is 0. The molecule has 1 atom stereocenters. The number of nitrogens with one attached hydrogen (secondary N) is 2. The normalized spacial score (nSPS) is 12.1. The molecule has 0 spiro atoms. The summed E-state index contributed by atoms with van der Waals surface area (Å²) >= 11 is 0. The van der Waals surface area contributed by atoms with Crippen LogP contribution in [0.5, 0.6) is 5.88 Å². The van der Waals surface area contributed by atoms with Crippen LogP contribution in [0, 0.1) is 0 Å². The van der Waals surface area contributed by atoms with Crippen molar-refractivity contribution < 1.29 is 9.84 Å². The SMILES string of the molecule is CC(CO)Nc1nc(=O)n(Cc2ccccc2)c2nc(-c3cc(OCc4ccccc4)nn3C)[nH]c12. The summed E-state index contributed by atoms with van der Waals surface area (Å²) in [7, 11) is 1.81. The van der Waals surface area contributed by atoms with Crippen molar-refractivity contribution in [3.05, 3.63) is 88.3 Å². The molecule has 0 saturated heterocycles. The van der Waals surface area contributed by atoms with E-state index in [4.69, 9.17) is 9.72 Å². The van der Waals surface area contributed by atoms with Crippen molar-refractivity contribution in [2.45, 2.75) is 26.1 Å². The molecular formula is C26H27N7O3. The molecule has 0 aliphatic carbocycles. The first-order chi connectivity index (χ1) is 17.5. The van der Waals surface area contributed by atoms with Crippen molar-refractivity contribution in [3.63, 3.8) is 0 Å². The number of hydrogen-bond acceptors (Lipinski definition) is 7. The smallest absolute Gasteiger partial charge is 0.351 e. The van der Waals surface area contributed by atoms with Gasteiger partial charge in [-0.15, -0.1) is 5.10 Å². The molecule has 5 rings (SSSR count). The van der Waals surface area contributed by atoms with Crippen LogP contribution in [0.2, 0.25) is 0 Å². The van der Waals surface area contributed by atoms with Gasteiger partial charge in [0.05, 0.1) is 13.2 Å². The fraction of sp³-hybridized carbons (Fsp3) is 0.231. The van der Waals surface area contributed by atoms with E-state index in [1.54, 1.807) is 24.7 Å². The summed E-state index contributed by atoms with van der Waals surface area (Å²) in [5, 5.41) is 17.1. The van der Waals surface area contributed by atoms with Gasteiger partial charge in [-0.1, -0.05) is 60.7 Å². The zero-order valence-electron chi connectivity index (χ0n) is 20.0. The van der Waals surface area contributed by atoms with E-state index in [9.17, 15) is 9.90 Å². The van der Waals surface area contributed by atoms with Crippen LogP contribution >= 0.6 is 0 Å². The average Bonchev–Trinajstić information content (AvgIpc) is 3.50. The number of aliphatic hydroxyl groups excluding tert-OH is 1. The van der Waals surface area contributed by atoms with Crippen LogP contribution in [0.4, 0.5) is 5.82 Å². The third-order valence-corrected chi connectivity index (χ3v) is 5.79. The van der Waals surface area contributed by atoms with Crippen molar-refractivity contribution in [1.29, 1.82) is 0 Å². The van der Waals surface area contributed by atoms with E-state index in [0.29, 0.717) is 47.5 Å². The lowest BCUT2D eigenvalue weighted by atomic mass is 10.2. The summed E-state index contributed by atoms with van der Waals surface area (Å²) in [4.78, 5) is 25.3. The van der Waals surface area contributed by atoms with Crippen LogP contribution < -0.4 is 15.7 Å². The molecule has 0 amide bonds. The molecule has 3 N–H and O–H groups in total. The largest absolute Gasteiger partial charge is 0.472 e. The Bertz CT molecular complexity index is 1520. The predicted octanol–water partition coefficient (Wildman–Crippen LogP) is 2.94. The molecule has 2 aromatic carbocycles. The second-order valence-electron chi connectivity index (χ2n) is 8.59. The highest BCUT2D eigenvalue weighted by atomic mass is 16.5. The van der Waals surface area contributed by atoms with Gasteiger partial charge in [0.1, 0.15) is 17.8 Å². The van der Waals surface area contributed by atoms with Gasteiger partial charge in [0.15, 0.2) is 17.3 Å². The Morgan fingerprint density at radius 2 is 1.75 bits per heavy atom. The summed E-state index contributed by atoms with van der Waals surface area (Å²) in [5.41, 5.74) is 3.26. The van der Waals surface area contributed by atoms with Crippen LogP contribution in [0.1, 0.15) is 18.1 Å². The Balaban J connectivity index is 1.54. The molecule has 1 unspecified atom stereocenters. The van der Waals surface area contributed by atoms with Crippen LogP contribution in [0.3, 0.4) is 0 Å². The van der Waals surface area contributed by atoms with Gasteiger partial charge in [0.25, 0.3) is 0 Å². The van der Waals surface area contributed by atoms with E-state index in [1.807, 2.05) is 60.7 Å². The second-order valence-corrected chi connectivity index (χ2v) is 8.59. The lowest BCUT2D eigenvalue weighted by Crippen LogP contribution is -2.28. The lowest BCUT2D eigenvalue weighted by Gasteiger charge is -2.13. The van der Waals surface area contributed by atoms with Crippen LogP contribution in [0.25, 0.3) is 22.7 Å². The van der Waals surface area contributed by atoms with Crippen LogP contribution in [-0.2, 0) is 20.2 Å². The van der Waals surface area contributed by atoms with E-state index in [1.165, 1.54) is 4.57 Å². The quantitative estimate of drug-likeness (QED) is 0.293. The van der Waals surface area contributed by atoms with E-state index < -0.39 is 5.69 Å².